The molecule has 0 saturated heterocycles. The molecule has 1 aromatic carbocycles. The molecule has 1 amide bonds. The molecule has 0 atom stereocenters. The highest BCUT2D eigenvalue weighted by Gasteiger charge is 2.23. The Labute approximate surface area is 128 Å². The monoisotopic (exact) mass is 298 g/mol. The third kappa shape index (κ3) is 3.05. The highest BCUT2D eigenvalue weighted by Crippen LogP contribution is 2.39. The molecule has 0 aliphatic heterocycles. The van der Waals surface area contributed by atoms with Crippen LogP contribution in [0.5, 0.6) is 0 Å². The first-order valence-corrected chi connectivity index (χ1v) is 8.08. The predicted molar refractivity (Wildman–Crippen MR) is 87.8 cm³/mol. The molecule has 0 bridgehead atoms. The fraction of sp³-hybridized carbons (Fsp3) is 0.294. The van der Waals surface area contributed by atoms with Gasteiger partial charge >= 0.3 is 0 Å². The van der Waals surface area contributed by atoms with Crippen molar-refractivity contribution in [1.29, 1.82) is 0 Å². The summed E-state index contributed by atoms with van der Waals surface area (Å²) in [6.45, 7) is 0. The molecule has 3 rings (SSSR count). The number of nitrogens with zero attached hydrogens (tertiary/aromatic N) is 1. The maximum Gasteiger partial charge on any atom is 0.252 e. The Kier molecular flexibility index (Phi) is 4.15. The summed E-state index contributed by atoms with van der Waals surface area (Å²) in [4.78, 5) is 17.6. The van der Waals surface area contributed by atoms with Crippen molar-refractivity contribution in [3.05, 3.63) is 51.9 Å². The molecule has 0 fully saturated rings. The van der Waals surface area contributed by atoms with Gasteiger partial charge in [-0.2, -0.15) is 0 Å². The van der Waals surface area contributed by atoms with Crippen LogP contribution < -0.4 is 5.73 Å². The number of carbonyl (C=O) groups excluding carboxylic acids is 1. The van der Waals surface area contributed by atoms with Crippen LogP contribution in [0.4, 0.5) is 5.00 Å². The molecule has 1 aromatic heterocycles. The molecule has 0 spiro atoms. The Bertz CT molecular complexity index is 674. The zero-order valence-corrected chi connectivity index (χ0v) is 12.7. The van der Waals surface area contributed by atoms with Gasteiger partial charge in [-0.15, -0.1) is 11.3 Å². The lowest BCUT2D eigenvalue weighted by Gasteiger charge is -2.10. The largest absolute Gasteiger partial charge is 0.365 e. The molecular weight excluding hydrogens is 280 g/mol. The lowest BCUT2D eigenvalue weighted by Crippen LogP contribution is -2.14. The average Bonchev–Trinajstić information content (AvgIpc) is 2.86. The van der Waals surface area contributed by atoms with Crippen molar-refractivity contribution in [3.63, 3.8) is 0 Å². The van der Waals surface area contributed by atoms with E-state index < -0.39 is 0 Å². The molecule has 108 valence electrons. The lowest BCUT2D eigenvalue weighted by atomic mass is 9.95. The second-order valence-electron chi connectivity index (χ2n) is 5.26. The summed E-state index contributed by atoms with van der Waals surface area (Å²) in [5.41, 5.74) is 8.57. The number of fused-ring (bicyclic) bond motifs is 1. The molecule has 4 heteroatoms. The standard InChI is InChI=1S/C17H18N2OS/c18-16(20)15-13-8-4-5-9-14(13)21-17(15)19-11-10-12-6-2-1-3-7-12/h1-3,6-7,11H,4-5,8-10H2,(H2,18,20)/b19-11+. The Balaban J connectivity index is 1.85. The van der Waals surface area contributed by atoms with Gasteiger partial charge in [-0.1, -0.05) is 30.3 Å². The first kappa shape index (κ1) is 14.0. The topological polar surface area (TPSA) is 55.5 Å². The first-order chi connectivity index (χ1) is 10.3. The molecule has 21 heavy (non-hydrogen) atoms. The van der Waals surface area contributed by atoms with E-state index >= 15 is 0 Å². The van der Waals surface area contributed by atoms with Crippen LogP contribution in [0.2, 0.25) is 0 Å². The van der Waals surface area contributed by atoms with Crippen LogP contribution >= 0.6 is 11.3 Å². The zero-order chi connectivity index (χ0) is 14.7. The Morgan fingerprint density at radius 1 is 1.24 bits per heavy atom. The van der Waals surface area contributed by atoms with Crippen LogP contribution in [0.15, 0.2) is 35.3 Å². The van der Waals surface area contributed by atoms with Crippen molar-refractivity contribution in [3.8, 4) is 0 Å². The van der Waals surface area contributed by atoms with Gasteiger partial charge in [0.2, 0.25) is 0 Å². The third-order valence-corrected chi connectivity index (χ3v) is 4.98. The molecule has 0 unspecified atom stereocenters. The second-order valence-corrected chi connectivity index (χ2v) is 6.34. The number of carbonyl (C=O) groups is 1. The van der Waals surface area contributed by atoms with E-state index in [1.807, 2.05) is 24.4 Å². The van der Waals surface area contributed by atoms with Crippen LogP contribution in [-0.2, 0) is 19.3 Å². The zero-order valence-electron chi connectivity index (χ0n) is 11.8. The van der Waals surface area contributed by atoms with Crippen molar-refractivity contribution >= 4 is 28.5 Å². The first-order valence-electron chi connectivity index (χ1n) is 7.26. The molecule has 3 nitrogen and oxygen atoms in total. The lowest BCUT2D eigenvalue weighted by molar-refractivity contribution is 0.100. The quantitative estimate of drug-likeness (QED) is 0.860. The predicted octanol–water partition coefficient (Wildman–Crippen LogP) is 3.67. The summed E-state index contributed by atoms with van der Waals surface area (Å²) in [6.07, 6.45) is 6.98. The Morgan fingerprint density at radius 3 is 2.76 bits per heavy atom. The van der Waals surface area contributed by atoms with E-state index in [2.05, 4.69) is 17.1 Å². The van der Waals surface area contributed by atoms with Gasteiger partial charge in [0.25, 0.3) is 5.91 Å². The van der Waals surface area contributed by atoms with Crippen LogP contribution in [0.25, 0.3) is 0 Å². The molecule has 1 aliphatic rings. The SMILES string of the molecule is NC(=O)c1c(/N=C/Cc2ccccc2)sc2c1CCCC2. The molecular formula is C17H18N2OS. The van der Waals surface area contributed by atoms with E-state index in [1.54, 1.807) is 11.3 Å². The van der Waals surface area contributed by atoms with Gasteiger partial charge in [0, 0.05) is 17.5 Å². The van der Waals surface area contributed by atoms with Gasteiger partial charge in [-0.25, -0.2) is 4.99 Å². The van der Waals surface area contributed by atoms with Crippen LogP contribution in [-0.4, -0.2) is 12.1 Å². The van der Waals surface area contributed by atoms with Gasteiger partial charge in [0.15, 0.2) is 0 Å². The number of aryl methyl sites for hydroxylation is 1. The highest BCUT2D eigenvalue weighted by atomic mass is 32.1. The maximum atomic E-state index is 11.7. The number of thiophene rings is 1. The van der Waals surface area contributed by atoms with Crippen molar-refractivity contribution in [2.75, 3.05) is 0 Å². The van der Waals surface area contributed by atoms with Gasteiger partial charge in [0.05, 0.1) is 5.56 Å². The van der Waals surface area contributed by atoms with Gasteiger partial charge < -0.3 is 5.73 Å². The smallest absolute Gasteiger partial charge is 0.252 e. The minimum atomic E-state index is -0.346. The Morgan fingerprint density at radius 2 is 2.00 bits per heavy atom. The number of rotatable bonds is 4. The fourth-order valence-corrected chi connectivity index (χ4v) is 4.00. The van der Waals surface area contributed by atoms with E-state index in [1.165, 1.54) is 16.9 Å². The maximum absolute atomic E-state index is 11.7. The number of amides is 1. The second kappa shape index (κ2) is 6.22. The summed E-state index contributed by atoms with van der Waals surface area (Å²) in [5.74, 6) is -0.346. The average molecular weight is 298 g/mol. The molecule has 1 heterocycles. The summed E-state index contributed by atoms with van der Waals surface area (Å²) in [5, 5.41) is 0.783. The molecule has 2 N–H and O–H groups in total. The van der Waals surface area contributed by atoms with Crippen molar-refractivity contribution in [2.45, 2.75) is 32.1 Å². The number of benzene rings is 1. The minimum absolute atomic E-state index is 0.346. The van der Waals surface area contributed by atoms with Crippen molar-refractivity contribution < 1.29 is 4.79 Å². The van der Waals surface area contributed by atoms with E-state index in [4.69, 9.17) is 5.73 Å². The van der Waals surface area contributed by atoms with Crippen LogP contribution in [0.1, 0.15) is 39.2 Å². The molecule has 0 saturated carbocycles. The molecule has 0 radical (unpaired) electrons. The van der Waals surface area contributed by atoms with E-state index in [0.29, 0.717) is 5.56 Å². The fourth-order valence-electron chi connectivity index (χ4n) is 2.74. The van der Waals surface area contributed by atoms with Crippen molar-refractivity contribution in [2.24, 2.45) is 10.7 Å². The number of aliphatic imine (C=N–C) groups is 1. The number of primary amides is 1. The van der Waals surface area contributed by atoms with Gasteiger partial charge in [0.1, 0.15) is 5.00 Å². The van der Waals surface area contributed by atoms with Crippen molar-refractivity contribution in [1.82, 2.24) is 0 Å². The van der Waals surface area contributed by atoms with Gasteiger partial charge in [-0.3, -0.25) is 4.79 Å². The third-order valence-electron chi connectivity index (χ3n) is 3.78. The Hall–Kier alpha value is -1.94. The summed E-state index contributed by atoms with van der Waals surface area (Å²) >= 11 is 1.63. The van der Waals surface area contributed by atoms with E-state index in [-0.39, 0.29) is 5.91 Å². The molecule has 2 aromatic rings. The number of hydrogen-bond acceptors (Lipinski definition) is 3. The van der Waals surface area contributed by atoms with E-state index in [0.717, 1.165) is 36.2 Å². The molecule has 1 aliphatic carbocycles. The van der Waals surface area contributed by atoms with E-state index in [9.17, 15) is 4.79 Å². The normalized spacial score (nSPS) is 14.3. The number of hydrogen-bond donors (Lipinski definition) is 1. The minimum Gasteiger partial charge on any atom is -0.365 e. The summed E-state index contributed by atoms with van der Waals surface area (Å²) in [6, 6.07) is 10.2. The highest BCUT2D eigenvalue weighted by molar-refractivity contribution is 7.16. The van der Waals surface area contributed by atoms with Crippen LogP contribution in [0, 0.1) is 0 Å². The summed E-state index contributed by atoms with van der Waals surface area (Å²) < 4.78 is 0. The van der Waals surface area contributed by atoms with Gasteiger partial charge in [-0.05, 0) is 36.8 Å². The summed E-state index contributed by atoms with van der Waals surface area (Å²) in [7, 11) is 0. The van der Waals surface area contributed by atoms with Crippen LogP contribution in [0.3, 0.4) is 0 Å². The number of nitrogens with two attached hydrogens (primary N) is 1.